The van der Waals surface area contributed by atoms with E-state index in [0.717, 1.165) is 21.9 Å². The molecular weight excluding hydrogens is 264 g/mol. The zero-order valence-electron chi connectivity index (χ0n) is 11.7. The van der Waals surface area contributed by atoms with E-state index in [0.29, 0.717) is 18.6 Å². The normalized spacial score (nSPS) is 11.3. The van der Waals surface area contributed by atoms with Gasteiger partial charge in [0.1, 0.15) is 12.4 Å². The van der Waals surface area contributed by atoms with E-state index in [9.17, 15) is 4.79 Å². The molecule has 0 saturated carbocycles. The number of aryl methyl sites for hydroxylation is 2. The maximum absolute atomic E-state index is 11.4. The number of rotatable bonds is 5. The second kappa shape index (κ2) is 7.19. The van der Waals surface area contributed by atoms with Gasteiger partial charge in [-0.1, -0.05) is 18.5 Å². The lowest BCUT2D eigenvalue weighted by molar-refractivity contribution is -0.136. The summed E-state index contributed by atoms with van der Waals surface area (Å²) >= 11 is 6.09. The third-order valence-electron chi connectivity index (χ3n) is 2.82. The van der Waals surface area contributed by atoms with Gasteiger partial charge in [0, 0.05) is 10.6 Å². The number of hydrogen-bond acceptors (Lipinski definition) is 3. The number of ether oxygens (including phenoxy) is 2. The van der Waals surface area contributed by atoms with E-state index in [2.05, 4.69) is 4.74 Å². The molecule has 0 saturated heterocycles. The Hall–Kier alpha value is -1.48. The van der Waals surface area contributed by atoms with Gasteiger partial charge < -0.3 is 9.47 Å². The standard InChI is InChI=1S/C15H19ClO3/c1-5-12(15(17)18-4)6-7-19-13-8-10(2)14(16)11(3)9-13/h6,8-9H,5,7H2,1-4H3. The molecular formula is C15H19ClO3. The summed E-state index contributed by atoms with van der Waals surface area (Å²) in [5, 5.41) is 0.756. The zero-order chi connectivity index (χ0) is 14.4. The molecule has 0 N–H and O–H groups in total. The number of carbonyl (C=O) groups excluding carboxylic acids is 1. The van der Waals surface area contributed by atoms with Crippen LogP contribution in [-0.4, -0.2) is 19.7 Å². The topological polar surface area (TPSA) is 35.5 Å². The van der Waals surface area contributed by atoms with Gasteiger partial charge in [0.25, 0.3) is 0 Å². The molecule has 0 bridgehead atoms. The van der Waals surface area contributed by atoms with Crippen LogP contribution in [0.2, 0.25) is 5.02 Å². The molecule has 0 aliphatic rings. The van der Waals surface area contributed by atoms with Crippen LogP contribution >= 0.6 is 11.6 Å². The van der Waals surface area contributed by atoms with Crippen LogP contribution in [0, 0.1) is 13.8 Å². The first kappa shape index (κ1) is 15.6. The molecule has 0 aromatic heterocycles. The molecule has 104 valence electrons. The van der Waals surface area contributed by atoms with E-state index in [4.69, 9.17) is 16.3 Å². The SMILES string of the molecule is CCC(=CCOc1cc(C)c(Cl)c(C)c1)C(=O)OC. The molecule has 19 heavy (non-hydrogen) atoms. The van der Waals surface area contributed by atoms with E-state index >= 15 is 0 Å². The van der Waals surface area contributed by atoms with Crippen molar-refractivity contribution in [3.8, 4) is 5.75 Å². The lowest BCUT2D eigenvalue weighted by Gasteiger charge is -2.09. The van der Waals surface area contributed by atoms with Crippen molar-refractivity contribution in [3.63, 3.8) is 0 Å². The summed E-state index contributed by atoms with van der Waals surface area (Å²) in [7, 11) is 1.37. The van der Waals surface area contributed by atoms with Crippen molar-refractivity contribution in [2.75, 3.05) is 13.7 Å². The molecule has 0 radical (unpaired) electrons. The summed E-state index contributed by atoms with van der Waals surface area (Å²) in [5.74, 6) is 0.436. The van der Waals surface area contributed by atoms with Gasteiger partial charge in [-0.2, -0.15) is 0 Å². The number of hydrogen-bond donors (Lipinski definition) is 0. The molecule has 3 nitrogen and oxygen atoms in total. The van der Waals surface area contributed by atoms with E-state index in [1.165, 1.54) is 7.11 Å². The van der Waals surface area contributed by atoms with Gasteiger partial charge in [-0.3, -0.25) is 0 Å². The second-order valence-corrected chi connectivity index (χ2v) is 4.63. The van der Waals surface area contributed by atoms with E-state index in [-0.39, 0.29) is 5.97 Å². The fraction of sp³-hybridized carbons (Fsp3) is 0.400. The third kappa shape index (κ3) is 4.28. The minimum atomic E-state index is -0.311. The van der Waals surface area contributed by atoms with Gasteiger partial charge in [-0.05, 0) is 49.6 Å². The van der Waals surface area contributed by atoms with Crippen molar-refractivity contribution in [1.29, 1.82) is 0 Å². The Morgan fingerprint density at radius 2 is 1.89 bits per heavy atom. The predicted octanol–water partition coefficient (Wildman–Crippen LogP) is 3.85. The highest BCUT2D eigenvalue weighted by Gasteiger charge is 2.07. The predicted molar refractivity (Wildman–Crippen MR) is 76.8 cm³/mol. The van der Waals surface area contributed by atoms with Crippen molar-refractivity contribution in [2.24, 2.45) is 0 Å². The molecule has 0 aliphatic carbocycles. The number of methoxy groups -OCH3 is 1. The highest BCUT2D eigenvalue weighted by Crippen LogP contribution is 2.25. The highest BCUT2D eigenvalue weighted by molar-refractivity contribution is 6.32. The Morgan fingerprint density at radius 1 is 1.32 bits per heavy atom. The second-order valence-electron chi connectivity index (χ2n) is 4.26. The first-order valence-electron chi connectivity index (χ1n) is 6.16. The maximum atomic E-state index is 11.4. The van der Waals surface area contributed by atoms with Gasteiger partial charge in [0.2, 0.25) is 0 Å². The number of carbonyl (C=O) groups is 1. The first-order chi connectivity index (χ1) is 8.99. The van der Waals surface area contributed by atoms with Gasteiger partial charge in [0.15, 0.2) is 0 Å². The summed E-state index contributed by atoms with van der Waals surface area (Å²) < 4.78 is 10.3. The van der Waals surface area contributed by atoms with E-state index in [1.807, 2.05) is 32.9 Å². The molecule has 0 heterocycles. The Kier molecular flexibility index (Phi) is 5.90. The molecule has 0 aliphatic heterocycles. The van der Waals surface area contributed by atoms with Crippen molar-refractivity contribution in [1.82, 2.24) is 0 Å². The third-order valence-corrected chi connectivity index (χ3v) is 3.41. The number of halogens is 1. The Balaban J connectivity index is 2.72. The molecule has 1 aromatic carbocycles. The summed E-state index contributed by atoms with van der Waals surface area (Å²) in [5.41, 5.74) is 2.57. The molecule has 0 spiro atoms. The average Bonchev–Trinajstić information content (AvgIpc) is 2.40. The largest absolute Gasteiger partial charge is 0.489 e. The average molecular weight is 283 g/mol. The monoisotopic (exact) mass is 282 g/mol. The lowest BCUT2D eigenvalue weighted by atomic mass is 10.1. The van der Waals surface area contributed by atoms with Gasteiger partial charge in [-0.25, -0.2) is 4.79 Å². The van der Waals surface area contributed by atoms with Crippen molar-refractivity contribution < 1.29 is 14.3 Å². The molecule has 0 unspecified atom stereocenters. The molecule has 0 atom stereocenters. The van der Waals surface area contributed by atoms with Gasteiger partial charge in [0.05, 0.1) is 7.11 Å². The van der Waals surface area contributed by atoms with Crippen LogP contribution in [0.1, 0.15) is 24.5 Å². The van der Waals surface area contributed by atoms with Crippen LogP contribution in [0.15, 0.2) is 23.8 Å². The number of benzene rings is 1. The van der Waals surface area contributed by atoms with Crippen LogP contribution in [0.25, 0.3) is 0 Å². The van der Waals surface area contributed by atoms with Crippen LogP contribution in [-0.2, 0) is 9.53 Å². The Labute approximate surface area is 119 Å². The summed E-state index contributed by atoms with van der Waals surface area (Å²) in [6.07, 6.45) is 2.36. The minimum absolute atomic E-state index is 0.311. The van der Waals surface area contributed by atoms with Crippen molar-refractivity contribution in [2.45, 2.75) is 27.2 Å². The molecule has 1 aromatic rings. The lowest BCUT2D eigenvalue weighted by Crippen LogP contribution is -2.06. The zero-order valence-corrected chi connectivity index (χ0v) is 12.5. The van der Waals surface area contributed by atoms with Crippen LogP contribution in [0.3, 0.4) is 0 Å². The van der Waals surface area contributed by atoms with Gasteiger partial charge in [-0.15, -0.1) is 0 Å². The van der Waals surface area contributed by atoms with E-state index in [1.54, 1.807) is 6.08 Å². The van der Waals surface area contributed by atoms with Crippen molar-refractivity contribution >= 4 is 17.6 Å². The molecule has 4 heteroatoms. The maximum Gasteiger partial charge on any atom is 0.333 e. The summed E-state index contributed by atoms with van der Waals surface area (Å²) in [6, 6.07) is 3.76. The first-order valence-corrected chi connectivity index (χ1v) is 6.54. The molecule has 0 fully saturated rings. The quantitative estimate of drug-likeness (QED) is 0.608. The number of esters is 1. The van der Waals surface area contributed by atoms with Gasteiger partial charge >= 0.3 is 5.97 Å². The summed E-state index contributed by atoms with van der Waals surface area (Å²) in [6.45, 7) is 6.10. The van der Waals surface area contributed by atoms with Crippen LogP contribution in [0.5, 0.6) is 5.75 Å². The molecule has 1 rings (SSSR count). The molecule has 0 amide bonds. The van der Waals surface area contributed by atoms with E-state index < -0.39 is 0 Å². The minimum Gasteiger partial charge on any atom is -0.489 e. The van der Waals surface area contributed by atoms with Crippen molar-refractivity contribution in [3.05, 3.63) is 39.9 Å². The Morgan fingerprint density at radius 3 is 2.37 bits per heavy atom. The van der Waals surface area contributed by atoms with Crippen LogP contribution in [0.4, 0.5) is 0 Å². The summed E-state index contributed by atoms with van der Waals surface area (Å²) in [4.78, 5) is 11.4. The fourth-order valence-corrected chi connectivity index (χ4v) is 1.84. The highest BCUT2D eigenvalue weighted by atomic mass is 35.5. The van der Waals surface area contributed by atoms with Crippen LogP contribution < -0.4 is 4.74 Å². The fourth-order valence-electron chi connectivity index (χ4n) is 1.73. The smallest absolute Gasteiger partial charge is 0.333 e. The Bertz CT molecular complexity index is 469.